The van der Waals surface area contributed by atoms with Crippen LogP contribution in [0.2, 0.25) is 5.02 Å². The lowest BCUT2D eigenvalue weighted by Gasteiger charge is -2.34. The number of piperazine rings is 1. The summed E-state index contributed by atoms with van der Waals surface area (Å²) < 4.78 is 21.9. The Bertz CT molecular complexity index is 1370. The van der Waals surface area contributed by atoms with Crippen LogP contribution >= 0.6 is 11.6 Å². The lowest BCUT2D eigenvalue weighted by Crippen LogP contribution is -2.50. The van der Waals surface area contributed by atoms with E-state index in [1.54, 1.807) is 34.1 Å². The zero-order chi connectivity index (χ0) is 29.4. The Morgan fingerprint density at radius 1 is 0.805 bits per heavy atom. The average Bonchev–Trinajstić information content (AvgIpc) is 3.01. The molecule has 0 saturated carbocycles. The zero-order valence-electron chi connectivity index (χ0n) is 23.8. The summed E-state index contributed by atoms with van der Waals surface area (Å²) in [5, 5.41) is 0.586. The maximum Gasteiger partial charge on any atom is 0.254 e. The highest BCUT2D eigenvalue weighted by Gasteiger charge is 2.26. The van der Waals surface area contributed by atoms with Gasteiger partial charge < -0.3 is 28.7 Å². The first kappa shape index (κ1) is 29.8. The van der Waals surface area contributed by atoms with Gasteiger partial charge in [-0.1, -0.05) is 42.8 Å². The molecule has 2 amide bonds. The van der Waals surface area contributed by atoms with Crippen molar-refractivity contribution in [2.45, 2.75) is 13.3 Å². The number of methoxy groups -OCH3 is 3. The molecule has 9 heteroatoms. The van der Waals surface area contributed by atoms with Crippen LogP contribution in [0.15, 0.2) is 66.7 Å². The molecule has 216 valence electrons. The van der Waals surface area contributed by atoms with Crippen LogP contribution in [0.25, 0.3) is 5.57 Å². The number of hydrogen-bond donors (Lipinski definition) is 0. The van der Waals surface area contributed by atoms with Crippen molar-refractivity contribution in [2.75, 3.05) is 54.1 Å². The first-order valence-corrected chi connectivity index (χ1v) is 13.8. The van der Waals surface area contributed by atoms with E-state index in [4.69, 9.17) is 30.5 Å². The van der Waals surface area contributed by atoms with Gasteiger partial charge in [-0.2, -0.15) is 0 Å². The number of hydrogen-bond acceptors (Lipinski definition) is 6. The van der Waals surface area contributed by atoms with Crippen LogP contribution in [0.1, 0.15) is 34.8 Å². The molecule has 0 aliphatic carbocycles. The third-order valence-corrected chi connectivity index (χ3v) is 7.07. The van der Waals surface area contributed by atoms with Crippen molar-refractivity contribution < 1.29 is 28.5 Å². The first-order chi connectivity index (χ1) is 19.9. The molecule has 8 nitrogen and oxygen atoms in total. The summed E-state index contributed by atoms with van der Waals surface area (Å²) in [6.45, 7) is 4.29. The molecule has 0 bridgehead atoms. The molecule has 0 spiro atoms. The highest BCUT2D eigenvalue weighted by atomic mass is 35.5. The van der Waals surface area contributed by atoms with Crippen LogP contribution in [-0.2, 0) is 4.79 Å². The number of nitrogens with zero attached hydrogens (tertiary/aromatic N) is 2. The minimum Gasteiger partial charge on any atom is -0.494 e. The van der Waals surface area contributed by atoms with Gasteiger partial charge in [0.05, 0.1) is 27.9 Å². The third-order valence-electron chi connectivity index (χ3n) is 6.83. The molecule has 0 aromatic heterocycles. The van der Waals surface area contributed by atoms with Gasteiger partial charge in [-0.25, -0.2) is 0 Å². The number of benzene rings is 3. The Labute approximate surface area is 246 Å². The molecule has 3 aromatic carbocycles. The Hall–Kier alpha value is -4.17. The van der Waals surface area contributed by atoms with E-state index in [0.29, 0.717) is 60.6 Å². The van der Waals surface area contributed by atoms with Crippen molar-refractivity contribution in [2.24, 2.45) is 0 Å². The smallest absolute Gasteiger partial charge is 0.254 e. The maximum absolute atomic E-state index is 13.5. The monoisotopic (exact) mass is 578 g/mol. The van der Waals surface area contributed by atoms with Crippen molar-refractivity contribution in [1.82, 2.24) is 9.80 Å². The lowest BCUT2D eigenvalue weighted by molar-refractivity contribution is -0.127. The second-order valence-electron chi connectivity index (χ2n) is 9.47. The summed E-state index contributed by atoms with van der Waals surface area (Å²) in [6.07, 6.45) is 2.56. The highest BCUT2D eigenvalue weighted by molar-refractivity contribution is 6.30. The number of rotatable bonds is 10. The fourth-order valence-corrected chi connectivity index (χ4v) is 4.86. The Morgan fingerprint density at radius 3 is 2.00 bits per heavy atom. The Kier molecular flexibility index (Phi) is 10.1. The van der Waals surface area contributed by atoms with Crippen molar-refractivity contribution in [3.63, 3.8) is 0 Å². The second kappa shape index (κ2) is 13.9. The fourth-order valence-electron chi connectivity index (χ4n) is 4.67. The SMILES string of the molecule is CCCOc1ccc(/C(=C\C(=O)N2CCN(C(=O)c3cc(OC)c(OC)c(OC)c3)CC2)c2cccc(Cl)c2)cc1. The topological polar surface area (TPSA) is 77.5 Å². The molecule has 0 N–H and O–H groups in total. The molecule has 1 heterocycles. The maximum atomic E-state index is 13.5. The highest BCUT2D eigenvalue weighted by Crippen LogP contribution is 2.38. The van der Waals surface area contributed by atoms with Gasteiger partial charge >= 0.3 is 0 Å². The van der Waals surface area contributed by atoms with E-state index >= 15 is 0 Å². The summed E-state index contributed by atoms with van der Waals surface area (Å²) in [5.74, 6) is 1.72. The molecule has 0 atom stereocenters. The van der Waals surface area contributed by atoms with Gasteiger partial charge in [0.1, 0.15) is 5.75 Å². The minimum absolute atomic E-state index is 0.133. The second-order valence-corrected chi connectivity index (χ2v) is 9.91. The van der Waals surface area contributed by atoms with E-state index in [1.165, 1.54) is 21.3 Å². The minimum atomic E-state index is -0.170. The number of halogens is 1. The summed E-state index contributed by atoms with van der Waals surface area (Å²) in [5.41, 5.74) is 2.90. The molecule has 4 rings (SSSR count). The van der Waals surface area contributed by atoms with Gasteiger partial charge in [-0.15, -0.1) is 0 Å². The van der Waals surface area contributed by atoms with Gasteiger partial charge in [-0.05, 0) is 59.5 Å². The number of carbonyl (C=O) groups excluding carboxylic acids is 2. The lowest BCUT2D eigenvalue weighted by atomic mass is 9.97. The van der Waals surface area contributed by atoms with Crippen LogP contribution in [0.5, 0.6) is 23.0 Å². The predicted octanol–water partition coefficient (Wildman–Crippen LogP) is 5.57. The van der Waals surface area contributed by atoms with Crippen LogP contribution in [0.4, 0.5) is 0 Å². The van der Waals surface area contributed by atoms with Crippen molar-refractivity contribution in [3.05, 3.63) is 88.5 Å². The number of ether oxygens (including phenoxy) is 4. The van der Waals surface area contributed by atoms with E-state index in [-0.39, 0.29) is 11.8 Å². The zero-order valence-corrected chi connectivity index (χ0v) is 24.6. The molecule has 3 aromatic rings. The number of carbonyl (C=O) groups is 2. The van der Waals surface area contributed by atoms with E-state index in [2.05, 4.69) is 6.92 Å². The third kappa shape index (κ3) is 7.13. The van der Waals surface area contributed by atoms with Crippen molar-refractivity contribution in [1.29, 1.82) is 0 Å². The molecular formula is C32H35ClN2O6. The first-order valence-electron chi connectivity index (χ1n) is 13.5. The molecule has 1 fully saturated rings. The molecule has 1 aliphatic rings. The Balaban J connectivity index is 1.51. The summed E-state index contributed by atoms with van der Waals surface area (Å²) in [7, 11) is 4.53. The van der Waals surface area contributed by atoms with Gasteiger partial charge in [-0.3, -0.25) is 9.59 Å². The largest absolute Gasteiger partial charge is 0.494 e. The molecule has 0 unspecified atom stereocenters. The quantitative estimate of drug-likeness (QED) is 0.293. The van der Waals surface area contributed by atoms with E-state index in [0.717, 1.165) is 28.9 Å². The van der Waals surface area contributed by atoms with E-state index in [9.17, 15) is 9.59 Å². The van der Waals surface area contributed by atoms with Gasteiger partial charge in [0.15, 0.2) is 11.5 Å². The van der Waals surface area contributed by atoms with Gasteiger partial charge in [0.25, 0.3) is 5.91 Å². The summed E-state index contributed by atoms with van der Waals surface area (Å²) >= 11 is 6.29. The van der Waals surface area contributed by atoms with Crippen LogP contribution in [0, 0.1) is 0 Å². The predicted molar refractivity (Wildman–Crippen MR) is 159 cm³/mol. The van der Waals surface area contributed by atoms with E-state index in [1.807, 2.05) is 42.5 Å². The Morgan fingerprint density at radius 2 is 1.44 bits per heavy atom. The van der Waals surface area contributed by atoms with Crippen molar-refractivity contribution in [3.8, 4) is 23.0 Å². The molecular weight excluding hydrogens is 544 g/mol. The van der Waals surface area contributed by atoms with Crippen LogP contribution in [-0.4, -0.2) is 75.7 Å². The van der Waals surface area contributed by atoms with E-state index < -0.39 is 0 Å². The molecule has 0 radical (unpaired) electrons. The van der Waals surface area contributed by atoms with Crippen LogP contribution < -0.4 is 18.9 Å². The summed E-state index contributed by atoms with van der Waals surface area (Å²) in [4.78, 5) is 30.3. The standard InChI is InChI=1S/C32H35ClN2O6/c1-5-17-41-26-11-9-22(10-12-26)27(23-7-6-8-25(33)18-23)21-30(36)34-13-15-35(16-14-34)32(37)24-19-28(38-2)31(40-4)29(20-24)39-3/h6-12,18-21H,5,13-17H2,1-4H3/b27-21+. The van der Waals surface area contributed by atoms with Gasteiger partial charge in [0.2, 0.25) is 11.7 Å². The normalized spacial score (nSPS) is 13.5. The van der Waals surface area contributed by atoms with Crippen LogP contribution in [0.3, 0.4) is 0 Å². The number of amides is 2. The average molecular weight is 579 g/mol. The molecule has 1 aliphatic heterocycles. The molecule has 1 saturated heterocycles. The molecule has 41 heavy (non-hydrogen) atoms. The van der Waals surface area contributed by atoms with Gasteiger partial charge in [0, 0.05) is 42.8 Å². The summed E-state index contributed by atoms with van der Waals surface area (Å²) in [6, 6.07) is 18.4. The van der Waals surface area contributed by atoms with Crippen molar-refractivity contribution >= 4 is 29.0 Å². The fraction of sp³-hybridized carbons (Fsp3) is 0.312.